The summed E-state index contributed by atoms with van der Waals surface area (Å²) in [4.78, 5) is 18.7. The van der Waals surface area contributed by atoms with E-state index >= 15 is 0 Å². The molecule has 1 amide bonds. The Bertz CT molecular complexity index is 1020. The van der Waals surface area contributed by atoms with Crippen molar-refractivity contribution in [3.05, 3.63) is 53.4 Å². The van der Waals surface area contributed by atoms with E-state index in [1.165, 1.54) is 0 Å². The van der Waals surface area contributed by atoms with E-state index < -0.39 is 0 Å². The van der Waals surface area contributed by atoms with E-state index in [-0.39, 0.29) is 11.8 Å². The first-order chi connectivity index (χ1) is 13.6. The SMILES string of the molecule is COc1ccc(N2C[C@@H](c3nc(-c4cccc(Cl)c4)no3)CC2=O)cc1OC. The summed E-state index contributed by atoms with van der Waals surface area (Å²) < 4.78 is 16.0. The van der Waals surface area contributed by atoms with Crippen LogP contribution in [0.25, 0.3) is 11.4 Å². The number of hydrogen-bond donors (Lipinski definition) is 0. The highest BCUT2D eigenvalue weighted by Gasteiger charge is 2.35. The topological polar surface area (TPSA) is 77.7 Å². The van der Waals surface area contributed by atoms with Crippen molar-refractivity contribution in [2.75, 3.05) is 25.7 Å². The Hall–Kier alpha value is -3.06. The predicted octanol–water partition coefficient (Wildman–Crippen LogP) is 3.93. The fraction of sp³-hybridized carbons (Fsp3) is 0.250. The molecule has 28 heavy (non-hydrogen) atoms. The molecule has 0 saturated carbocycles. The van der Waals surface area contributed by atoms with Gasteiger partial charge < -0.3 is 18.9 Å². The highest BCUT2D eigenvalue weighted by molar-refractivity contribution is 6.30. The van der Waals surface area contributed by atoms with Crippen LogP contribution in [0.15, 0.2) is 47.0 Å². The number of carbonyl (C=O) groups excluding carboxylic acids is 1. The first-order valence-electron chi connectivity index (χ1n) is 8.71. The van der Waals surface area contributed by atoms with E-state index in [0.29, 0.717) is 41.2 Å². The van der Waals surface area contributed by atoms with E-state index in [9.17, 15) is 4.79 Å². The Kier molecular flexibility index (Phi) is 4.92. The quantitative estimate of drug-likeness (QED) is 0.647. The van der Waals surface area contributed by atoms with Crippen molar-refractivity contribution in [3.8, 4) is 22.9 Å². The number of nitrogens with zero attached hydrogens (tertiary/aromatic N) is 3. The maximum absolute atomic E-state index is 12.6. The fourth-order valence-electron chi connectivity index (χ4n) is 3.26. The third-order valence-corrected chi connectivity index (χ3v) is 4.91. The molecular formula is C20H18ClN3O4. The summed E-state index contributed by atoms with van der Waals surface area (Å²) in [5, 5.41) is 4.63. The van der Waals surface area contributed by atoms with Gasteiger partial charge in [0.2, 0.25) is 17.6 Å². The molecule has 0 aliphatic carbocycles. The second kappa shape index (κ2) is 7.52. The zero-order chi connectivity index (χ0) is 19.7. The van der Waals surface area contributed by atoms with Crippen molar-refractivity contribution >= 4 is 23.2 Å². The normalized spacial score (nSPS) is 16.5. The zero-order valence-electron chi connectivity index (χ0n) is 15.4. The van der Waals surface area contributed by atoms with Gasteiger partial charge in [-0.1, -0.05) is 28.9 Å². The summed E-state index contributed by atoms with van der Waals surface area (Å²) in [6.07, 6.45) is 0.297. The maximum Gasteiger partial charge on any atom is 0.232 e. The van der Waals surface area contributed by atoms with E-state index in [4.69, 9.17) is 25.6 Å². The first kappa shape index (κ1) is 18.3. The van der Waals surface area contributed by atoms with Crippen molar-refractivity contribution in [2.24, 2.45) is 0 Å². The summed E-state index contributed by atoms with van der Waals surface area (Å²) in [6.45, 7) is 0.450. The van der Waals surface area contributed by atoms with E-state index in [0.717, 1.165) is 11.3 Å². The molecular weight excluding hydrogens is 382 g/mol. The number of rotatable bonds is 5. The third-order valence-electron chi connectivity index (χ3n) is 4.68. The van der Waals surface area contributed by atoms with Crippen LogP contribution in [0.2, 0.25) is 5.02 Å². The van der Waals surface area contributed by atoms with Gasteiger partial charge in [-0.25, -0.2) is 0 Å². The van der Waals surface area contributed by atoms with Crippen molar-refractivity contribution in [3.63, 3.8) is 0 Å². The number of amides is 1. The second-order valence-electron chi connectivity index (χ2n) is 6.41. The molecule has 2 aromatic carbocycles. The van der Waals surface area contributed by atoms with Gasteiger partial charge in [-0.2, -0.15) is 4.98 Å². The van der Waals surface area contributed by atoms with Gasteiger partial charge in [0.05, 0.1) is 20.1 Å². The predicted molar refractivity (Wildman–Crippen MR) is 104 cm³/mol. The Morgan fingerprint density at radius 3 is 2.71 bits per heavy atom. The molecule has 1 aliphatic heterocycles. The molecule has 1 saturated heterocycles. The third kappa shape index (κ3) is 3.41. The lowest BCUT2D eigenvalue weighted by Gasteiger charge is -2.18. The molecule has 0 unspecified atom stereocenters. The number of ether oxygens (including phenoxy) is 2. The van der Waals surface area contributed by atoms with Crippen molar-refractivity contribution < 1.29 is 18.8 Å². The molecule has 8 heteroatoms. The summed E-state index contributed by atoms with van der Waals surface area (Å²) in [5.74, 6) is 1.87. The number of methoxy groups -OCH3 is 2. The van der Waals surface area contributed by atoms with Crippen molar-refractivity contribution in [1.82, 2.24) is 10.1 Å². The van der Waals surface area contributed by atoms with E-state index in [2.05, 4.69) is 10.1 Å². The van der Waals surface area contributed by atoms with Crippen LogP contribution in [0.3, 0.4) is 0 Å². The Balaban J connectivity index is 1.56. The average molecular weight is 400 g/mol. The van der Waals surface area contributed by atoms with Crippen LogP contribution in [0.1, 0.15) is 18.2 Å². The summed E-state index contributed by atoms with van der Waals surface area (Å²) in [6, 6.07) is 12.6. The lowest BCUT2D eigenvalue weighted by atomic mass is 10.1. The van der Waals surface area contributed by atoms with Crippen LogP contribution in [-0.4, -0.2) is 36.8 Å². The number of anilines is 1. The number of benzene rings is 2. The molecule has 4 rings (SSSR count). The fourth-order valence-corrected chi connectivity index (χ4v) is 3.45. The van der Waals surface area contributed by atoms with Gasteiger partial charge in [-0.05, 0) is 24.3 Å². The Morgan fingerprint density at radius 2 is 1.96 bits per heavy atom. The minimum Gasteiger partial charge on any atom is -0.493 e. The van der Waals surface area contributed by atoms with Gasteiger partial charge >= 0.3 is 0 Å². The second-order valence-corrected chi connectivity index (χ2v) is 6.85. The molecule has 0 N–H and O–H groups in total. The van der Waals surface area contributed by atoms with Gasteiger partial charge in [0.15, 0.2) is 11.5 Å². The Morgan fingerprint density at radius 1 is 1.14 bits per heavy atom. The average Bonchev–Trinajstić information content (AvgIpc) is 3.34. The standard InChI is InChI=1S/C20H18ClN3O4/c1-26-16-7-6-15(10-17(16)27-2)24-11-13(9-18(24)25)20-22-19(23-28-20)12-4-3-5-14(21)8-12/h3-8,10,13H,9,11H2,1-2H3/t13-/m0/s1. The van der Waals surface area contributed by atoms with Crippen LogP contribution in [0.5, 0.6) is 11.5 Å². The highest BCUT2D eigenvalue weighted by atomic mass is 35.5. The molecule has 1 aromatic heterocycles. The highest BCUT2D eigenvalue weighted by Crippen LogP contribution is 2.36. The van der Waals surface area contributed by atoms with Crippen LogP contribution in [0.4, 0.5) is 5.69 Å². The van der Waals surface area contributed by atoms with E-state index in [1.54, 1.807) is 43.4 Å². The largest absolute Gasteiger partial charge is 0.493 e. The van der Waals surface area contributed by atoms with Crippen molar-refractivity contribution in [1.29, 1.82) is 0 Å². The van der Waals surface area contributed by atoms with Gasteiger partial charge in [-0.3, -0.25) is 4.79 Å². The van der Waals surface area contributed by atoms with Gasteiger partial charge in [0, 0.05) is 35.3 Å². The van der Waals surface area contributed by atoms with Crippen LogP contribution >= 0.6 is 11.6 Å². The molecule has 2 heterocycles. The summed E-state index contributed by atoms with van der Waals surface area (Å²) in [5.41, 5.74) is 1.50. The number of halogens is 1. The lowest BCUT2D eigenvalue weighted by molar-refractivity contribution is -0.117. The van der Waals surface area contributed by atoms with Crippen LogP contribution in [0, 0.1) is 0 Å². The van der Waals surface area contributed by atoms with Crippen molar-refractivity contribution in [2.45, 2.75) is 12.3 Å². The minimum absolute atomic E-state index is 0.0141. The van der Waals surface area contributed by atoms with Gasteiger partial charge in [0.25, 0.3) is 0 Å². The van der Waals surface area contributed by atoms with Gasteiger partial charge in [0.1, 0.15) is 0 Å². The molecule has 1 atom stereocenters. The molecule has 1 aliphatic rings. The zero-order valence-corrected chi connectivity index (χ0v) is 16.1. The summed E-state index contributed by atoms with van der Waals surface area (Å²) in [7, 11) is 3.13. The molecule has 144 valence electrons. The van der Waals surface area contributed by atoms with E-state index in [1.807, 2.05) is 18.2 Å². The molecule has 3 aromatic rings. The minimum atomic E-state index is -0.180. The van der Waals surface area contributed by atoms with Gasteiger partial charge in [-0.15, -0.1) is 0 Å². The number of aromatic nitrogens is 2. The number of hydrogen-bond acceptors (Lipinski definition) is 6. The Labute approximate surface area is 166 Å². The monoisotopic (exact) mass is 399 g/mol. The molecule has 0 spiro atoms. The summed E-state index contributed by atoms with van der Waals surface area (Å²) >= 11 is 6.02. The maximum atomic E-state index is 12.6. The molecule has 0 radical (unpaired) electrons. The molecule has 7 nitrogen and oxygen atoms in total. The lowest BCUT2D eigenvalue weighted by Crippen LogP contribution is -2.24. The number of carbonyl (C=O) groups is 1. The smallest absolute Gasteiger partial charge is 0.232 e. The molecule has 0 bridgehead atoms. The van der Waals surface area contributed by atoms with Crippen LogP contribution < -0.4 is 14.4 Å². The van der Waals surface area contributed by atoms with Crippen LogP contribution in [-0.2, 0) is 4.79 Å². The molecule has 1 fully saturated rings. The first-order valence-corrected chi connectivity index (χ1v) is 9.08.